The Kier molecular flexibility index (Phi) is 3.68. The minimum atomic E-state index is -3.56. The van der Waals surface area contributed by atoms with Crippen molar-refractivity contribution in [3.8, 4) is 0 Å². The quantitative estimate of drug-likeness (QED) is 0.770. The van der Waals surface area contributed by atoms with Gasteiger partial charge in [-0.25, -0.2) is 9.59 Å². The van der Waals surface area contributed by atoms with Crippen molar-refractivity contribution in [2.24, 2.45) is 17.8 Å². The average molecular weight is 360 g/mol. The Hall–Kier alpha value is -1.28. The van der Waals surface area contributed by atoms with E-state index in [0.29, 0.717) is 25.7 Å². The number of alkyl halides is 2. The zero-order valence-corrected chi connectivity index (χ0v) is 14.0. The maximum absolute atomic E-state index is 12.8. The molecule has 25 heavy (non-hydrogen) atoms. The summed E-state index contributed by atoms with van der Waals surface area (Å²) < 4.78 is 41.7. The van der Waals surface area contributed by atoms with Crippen molar-refractivity contribution in [3.63, 3.8) is 0 Å². The molecule has 4 bridgehead atoms. The normalized spacial score (nSPS) is 45.0. The third kappa shape index (κ3) is 2.73. The van der Waals surface area contributed by atoms with Gasteiger partial charge in [0, 0.05) is 25.2 Å². The van der Waals surface area contributed by atoms with Gasteiger partial charge in [0.05, 0.1) is 12.2 Å². The van der Waals surface area contributed by atoms with Crippen LogP contribution in [0.4, 0.5) is 8.78 Å². The molecule has 0 aromatic rings. The van der Waals surface area contributed by atoms with E-state index in [-0.39, 0.29) is 24.9 Å². The fourth-order valence-corrected chi connectivity index (χ4v) is 5.32. The molecule has 1 heterocycles. The second-order valence-electron chi connectivity index (χ2n) is 8.13. The monoisotopic (exact) mass is 360 g/mol. The van der Waals surface area contributed by atoms with Gasteiger partial charge in [-0.1, -0.05) is 0 Å². The number of hydrogen-bond donors (Lipinski definition) is 1. The van der Waals surface area contributed by atoms with Gasteiger partial charge in [-0.15, -0.1) is 0 Å². The lowest BCUT2D eigenvalue weighted by Gasteiger charge is -2.60. The maximum Gasteiger partial charge on any atom is 0.376 e. The number of carbonyl (C=O) groups excluding carboxylic acids is 2. The first kappa shape index (κ1) is 17.1. The van der Waals surface area contributed by atoms with E-state index >= 15 is 0 Å². The molecular weight excluding hydrogens is 338 g/mol. The van der Waals surface area contributed by atoms with Gasteiger partial charge < -0.3 is 19.3 Å². The van der Waals surface area contributed by atoms with Crippen LogP contribution in [-0.4, -0.2) is 47.1 Å². The highest BCUT2D eigenvalue weighted by Gasteiger charge is 2.68. The molecule has 0 aromatic heterocycles. The first-order valence-electron chi connectivity index (χ1n) is 8.79. The van der Waals surface area contributed by atoms with Crippen LogP contribution in [0.15, 0.2) is 0 Å². The number of esters is 2. The molecule has 0 aromatic carbocycles. The molecule has 1 spiro atoms. The predicted octanol–water partition coefficient (Wildman–Crippen LogP) is 1.78. The van der Waals surface area contributed by atoms with Crippen LogP contribution in [-0.2, 0) is 23.8 Å². The number of aliphatic hydroxyl groups is 1. The molecule has 140 valence electrons. The Morgan fingerprint density at radius 3 is 2.52 bits per heavy atom. The van der Waals surface area contributed by atoms with Crippen LogP contribution in [0.25, 0.3) is 0 Å². The summed E-state index contributed by atoms with van der Waals surface area (Å²) in [5, 5.41) is 10.6. The van der Waals surface area contributed by atoms with E-state index in [1.54, 1.807) is 0 Å². The Morgan fingerprint density at radius 2 is 1.96 bits per heavy atom. The largest absolute Gasteiger partial charge is 0.461 e. The summed E-state index contributed by atoms with van der Waals surface area (Å²) in [4.78, 5) is 23.3. The summed E-state index contributed by atoms with van der Waals surface area (Å²) in [6, 6.07) is 0. The Bertz CT molecular complexity index is 584. The second-order valence-corrected chi connectivity index (χ2v) is 8.13. The maximum atomic E-state index is 12.8. The van der Waals surface area contributed by atoms with E-state index in [1.807, 2.05) is 0 Å². The van der Waals surface area contributed by atoms with Gasteiger partial charge in [0.15, 0.2) is 6.10 Å². The van der Waals surface area contributed by atoms with Crippen molar-refractivity contribution in [2.45, 2.75) is 68.9 Å². The second kappa shape index (κ2) is 5.36. The van der Waals surface area contributed by atoms with Crippen LogP contribution in [0, 0.1) is 17.8 Å². The topological polar surface area (TPSA) is 82.1 Å². The summed E-state index contributed by atoms with van der Waals surface area (Å²) in [6.45, 7) is 0.129. The zero-order chi connectivity index (χ0) is 18.0. The van der Waals surface area contributed by atoms with Crippen LogP contribution in [0.1, 0.15) is 45.4 Å². The molecule has 3 unspecified atom stereocenters. The van der Waals surface area contributed by atoms with E-state index in [0.717, 1.165) is 19.3 Å². The zero-order valence-electron chi connectivity index (χ0n) is 14.0. The molecule has 5 fully saturated rings. The van der Waals surface area contributed by atoms with E-state index in [9.17, 15) is 23.5 Å². The van der Waals surface area contributed by atoms with Gasteiger partial charge in [-0.05, 0) is 38.0 Å². The van der Waals surface area contributed by atoms with E-state index in [1.165, 1.54) is 0 Å². The predicted molar refractivity (Wildman–Crippen MR) is 78.4 cm³/mol. The van der Waals surface area contributed by atoms with Crippen molar-refractivity contribution in [3.05, 3.63) is 0 Å². The Labute approximate surface area is 143 Å². The van der Waals surface area contributed by atoms with Crippen molar-refractivity contribution in [1.82, 2.24) is 0 Å². The van der Waals surface area contributed by atoms with Crippen molar-refractivity contribution in [2.75, 3.05) is 6.61 Å². The van der Waals surface area contributed by atoms with Crippen molar-refractivity contribution in [1.29, 1.82) is 0 Å². The number of hydrogen-bond acceptors (Lipinski definition) is 6. The number of carbonyl (C=O) groups is 2. The number of ether oxygens (including phenoxy) is 3. The van der Waals surface area contributed by atoms with E-state index < -0.39 is 35.4 Å². The Balaban J connectivity index is 1.40. The fourth-order valence-electron chi connectivity index (χ4n) is 5.32. The molecule has 3 atom stereocenters. The molecule has 6 nitrogen and oxygen atoms in total. The number of halogens is 2. The van der Waals surface area contributed by atoms with Crippen LogP contribution >= 0.6 is 0 Å². The van der Waals surface area contributed by atoms with E-state index in [4.69, 9.17) is 9.47 Å². The molecule has 0 radical (unpaired) electrons. The number of rotatable bonds is 4. The summed E-state index contributed by atoms with van der Waals surface area (Å²) in [5.74, 6) is -6.38. The molecule has 1 aliphatic heterocycles. The fraction of sp³-hybridized carbons (Fsp3) is 0.882. The summed E-state index contributed by atoms with van der Waals surface area (Å²) >= 11 is 0. The van der Waals surface area contributed by atoms with Crippen molar-refractivity contribution < 1.29 is 37.7 Å². The van der Waals surface area contributed by atoms with Gasteiger partial charge >= 0.3 is 17.9 Å². The molecule has 1 saturated heterocycles. The lowest BCUT2D eigenvalue weighted by Crippen LogP contribution is -2.64. The molecule has 8 heteroatoms. The molecule has 5 rings (SSSR count). The molecule has 0 amide bonds. The first-order chi connectivity index (χ1) is 11.6. The minimum Gasteiger partial charge on any atom is -0.461 e. The standard InChI is InChI=1S/C17H22F2O6/c1-15(18,19)14(21)23-3-2-12-13(20)25-17(24-12)10-4-9-5-11(17)8-16(22,6-9)7-10/h9-12,22H,2-8H2,1H3. The SMILES string of the molecule is CC(F)(F)C(=O)OCCC1OC2(OC1=O)C1CC3CC2CC(O)(C3)C1. The Morgan fingerprint density at radius 1 is 1.32 bits per heavy atom. The smallest absolute Gasteiger partial charge is 0.376 e. The summed E-state index contributed by atoms with van der Waals surface area (Å²) in [6.07, 6.45) is 2.68. The third-order valence-electron chi connectivity index (χ3n) is 6.12. The first-order valence-corrected chi connectivity index (χ1v) is 8.79. The lowest BCUT2D eigenvalue weighted by atomic mass is 9.51. The molecular formula is C17H22F2O6. The summed E-state index contributed by atoms with van der Waals surface area (Å²) in [7, 11) is 0. The van der Waals surface area contributed by atoms with Crippen LogP contribution in [0.2, 0.25) is 0 Å². The van der Waals surface area contributed by atoms with Gasteiger partial charge in [-0.2, -0.15) is 8.78 Å². The van der Waals surface area contributed by atoms with Gasteiger partial charge in [0.25, 0.3) is 0 Å². The minimum absolute atomic E-state index is 0.0183. The molecule has 5 aliphatic rings. The van der Waals surface area contributed by atoms with Gasteiger partial charge in [0.1, 0.15) is 0 Å². The molecule has 4 aliphatic carbocycles. The summed E-state index contributed by atoms with van der Waals surface area (Å²) in [5.41, 5.74) is -0.683. The lowest BCUT2D eigenvalue weighted by molar-refractivity contribution is -0.314. The van der Waals surface area contributed by atoms with Crippen LogP contribution in [0.5, 0.6) is 0 Å². The highest BCUT2D eigenvalue weighted by Crippen LogP contribution is 2.63. The van der Waals surface area contributed by atoms with E-state index in [2.05, 4.69) is 4.74 Å². The van der Waals surface area contributed by atoms with Gasteiger partial charge in [-0.3, -0.25) is 0 Å². The van der Waals surface area contributed by atoms with Crippen LogP contribution in [0.3, 0.4) is 0 Å². The van der Waals surface area contributed by atoms with Crippen LogP contribution < -0.4 is 0 Å². The third-order valence-corrected chi connectivity index (χ3v) is 6.12. The molecule has 1 N–H and O–H groups in total. The average Bonchev–Trinajstić information content (AvgIpc) is 2.80. The highest BCUT2D eigenvalue weighted by molar-refractivity contribution is 5.78. The molecule has 4 saturated carbocycles. The highest BCUT2D eigenvalue weighted by atomic mass is 19.3. The van der Waals surface area contributed by atoms with Crippen molar-refractivity contribution >= 4 is 11.9 Å². The van der Waals surface area contributed by atoms with Gasteiger partial charge in [0.2, 0.25) is 5.79 Å².